The Kier molecular flexibility index (Phi) is 5.10. The highest BCUT2D eigenvalue weighted by Gasteiger charge is 2.22. The molecule has 1 aliphatic rings. The minimum absolute atomic E-state index is 0.456. The molecule has 0 aromatic heterocycles. The largest absolute Gasteiger partial charge is 0.449 e. The van der Waals surface area contributed by atoms with Crippen LogP contribution in [0.1, 0.15) is 42.4 Å². The van der Waals surface area contributed by atoms with Crippen LogP contribution in [0.25, 0.3) is 0 Å². The van der Waals surface area contributed by atoms with Gasteiger partial charge in [-0.2, -0.15) is 0 Å². The van der Waals surface area contributed by atoms with Crippen molar-refractivity contribution in [2.75, 3.05) is 11.9 Å². The van der Waals surface area contributed by atoms with Gasteiger partial charge in [-0.1, -0.05) is 0 Å². The predicted molar refractivity (Wildman–Crippen MR) is 85.6 cm³/mol. The first-order chi connectivity index (χ1) is 9.95. The van der Waals surface area contributed by atoms with E-state index >= 15 is 0 Å². The van der Waals surface area contributed by atoms with E-state index in [-0.39, 0.29) is 0 Å². The number of hydrogen-bond acceptors (Lipinski definition) is 3. The second-order valence-electron chi connectivity index (χ2n) is 6.23. The number of aryl methyl sites for hydroxylation is 2. The molecule has 1 aromatic rings. The standard InChI is InChI=1S/C17H26N2O2/c1-11-8-16(9-12(2)13(11)3)19-15-6-4-14(5-7-15)10-21-17(18)20/h8-9,14-15,19H,4-7,10H2,1-3H3,(H2,18,20). The van der Waals surface area contributed by atoms with Gasteiger partial charge < -0.3 is 15.8 Å². The molecule has 0 spiro atoms. The molecule has 4 heteroatoms. The molecule has 0 atom stereocenters. The van der Waals surface area contributed by atoms with E-state index in [0.717, 1.165) is 25.7 Å². The lowest BCUT2D eigenvalue weighted by Crippen LogP contribution is -2.29. The minimum atomic E-state index is -0.666. The van der Waals surface area contributed by atoms with E-state index in [2.05, 4.69) is 38.2 Å². The lowest BCUT2D eigenvalue weighted by molar-refractivity contribution is 0.123. The number of nitrogens with one attached hydrogen (secondary N) is 1. The van der Waals surface area contributed by atoms with Gasteiger partial charge in [0, 0.05) is 11.7 Å². The van der Waals surface area contributed by atoms with Gasteiger partial charge in [0.05, 0.1) is 6.61 Å². The van der Waals surface area contributed by atoms with Crippen LogP contribution in [0.3, 0.4) is 0 Å². The summed E-state index contributed by atoms with van der Waals surface area (Å²) in [4.78, 5) is 10.6. The number of anilines is 1. The van der Waals surface area contributed by atoms with E-state index < -0.39 is 6.09 Å². The highest BCUT2D eigenvalue weighted by molar-refractivity contribution is 5.64. The summed E-state index contributed by atoms with van der Waals surface area (Å²) in [6.07, 6.45) is 3.71. The van der Waals surface area contributed by atoms with Gasteiger partial charge in [0.1, 0.15) is 0 Å². The van der Waals surface area contributed by atoms with Crippen molar-refractivity contribution in [3.63, 3.8) is 0 Å². The molecule has 116 valence electrons. The van der Waals surface area contributed by atoms with Crippen molar-refractivity contribution in [2.24, 2.45) is 11.7 Å². The molecule has 0 saturated heterocycles. The highest BCUT2D eigenvalue weighted by atomic mass is 16.5. The summed E-state index contributed by atoms with van der Waals surface area (Å²) in [7, 11) is 0. The second-order valence-corrected chi connectivity index (χ2v) is 6.23. The average molecular weight is 290 g/mol. The highest BCUT2D eigenvalue weighted by Crippen LogP contribution is 2.28. The molecule has 0 aliphatic heterocycles. The van der Waals surface area contributed by atoms with Gasteiger partial charge in [0.15, 0.2) is 0 Å². The Balaban J connectivity index is 1.85. The van der Waals surface area contributed by atoms with E-state index in [1.54, 1.807) is 0 Å². The van der Waals surface area contributed by atoms with Crippen LogP contribution < -0.4 is 11.1 Å². The predicted octanol–water partition coefficient (Wildman–Crippen LogP) is 3.68. The molecule has 4 nitrogen and oxygen atoms in total. The Labute approximate surface area is 127 Å². The van der Waals surface area contributed by atoms with Gasteiger partial charge in [-0.05, 0) is 81.2 Å². The summed E-state index contributed by atoms with van der Waals surface area (Å²) in [6.45, 7) is 6.94. The third-order valence-electron chi connectivity index (χ3n) is 4.61. The second kappa shape index (κ2) is 6.83. The first kappa shape index (κ1) is 15.7. The summed E-state index contributed by atoms with van der Waals surface area (Å²) < 4.78 is 4.90. The Morgan fingerprint density at radius 3 is 2.29 bits per heavy atom. The number of benzene rings is 1. The van der Waals surface area contributed by atoms with E-state index in [4.69, 9.17) is 10.5 Å². The van der Waals surface area contributed by atoms with Crippen molar-refractivity contribution in [1.82, 2.24) is 0 Å². The van der Waals surface area contributed by atoms with Crippen LogP contribution in [0.5, 0.6) is 0 Å². The van der Waals surface area contributed by atoms with E-state index in [0.29, 0.717) is 18.6 Å². The summed E-state index contributed by atoms with van der Waals surface area (Å²) in [6, 6.07) is 4.96. The molecule has 1 aromatic carbocycles. The Morgan fingerprint density at radius 2 is 1.76 bits per heavy atom. The zero-order valence-corrected chi connectivity index (χ0v) is 13.2. The first-order valence-corrected chi connectivity index (χ1v) is 7.72. The van der Waals surface area contributed by atoms with Gasteiger partial charge in [-0.25, -0.2) is 4.79 Å². The third-order valence-corrected chi connectivity index (χ3v) is 4.61. The van der Waals surface area contributed by atoms with Gasteiger partial charge >= 0.3 is 6.09 Å². The SMILES string of the molecule is Cc1cc(NC2CCC(COC(N)=O)CC2)cc(C)c1C. The van der Waals surface area contributed by atoms with Crippen molar-refractivity contribution in [3.05, 3.63) is 28.8 Å². The van der Waals surface area contributed by atoms with Gasteiger partial charge in [-0.3, -0.25) is 0 Å². The van der Waals surface area contributed by atoms with Crippen LogP contribution >= 0.6 is 0 Å². The fourth-order valence-corrected chi connectivity index (χ4v) is 3.03. The molecule has 1 fully saturated rings. The van der Waals surface area contributed by atoms with E-state index in [1.807, 2.05) is 0 Å². The van der Waals surface area contributed by atoms with E-state index in [1.165, 1.54) is 22.4 Å². The molecule has 0 heterocycles. The molecule has 0 bridgehead atoms. The topological polar surface area (TPSA) is 64.3 Å². The number of rotatable bonds is 4. The molecular formula is C17H26N2O2. The number of primary amides is 1. The molecule has 2 rings (SSSR count). The number of amides is 1. The Hall–Kier alpha value is -1.71. The number of carbonyl (C=O) groups excluding carboxylic acids is 1. The van der Waals surface area contributed by atoms with Gasteiger partial charge in [0.25, 0.3) is 0 Å². The number of carbonyl (C=O) groups is 1. The van der Waals surface area contributed by atoms with Crippen molar-refractivity contribution < 1.29 is 9.53 Å². The van der Waals surface area contributed by atoms with Crippen LogP contribution in [0, 0.1) is 26.7 Å². The lowest BCUT2D eigenvalue weighted by Gasteiger charge is -2.29. The zero-order chi connectivity index (χ0) is 15.4. The van der Waals surface area contributed by atoms with Crippen LogP contribution in [0.15, 0.2) is 12.1 Å². The maximum absolute atomic E-state index is 10.6. The molecule has 1 saturated carbocycles. The Bertz CT molecular complexity index is 483. The van der Waals surface area contributed by atoms with Gasteiger partial charge in [0.2, 0.25) is 0 Å². The number of ether oxygens (including phenoxy) is 1. The van der Waals surface area contributed by atoms with Crippen molar-refractivity contribution in [3.8, 4) is 0 Å². The van der Waals surface area contributed by atoms with Crippen molar-refractivity contribution >= 4 is 11.8 Å². The van der Waals surface area contributed by atoms with Crippen LogP contribution in [-0.4, -0.2) is 18.7 Å². The molecule has 1 amide bonds. The summed E-state index contributed by atoms with van der Waals surface area (Å²) >= 11 is 0. The van der Waals surface area contributed by atoms with Crippen molar-refractivity contribution in [1.29, 1.82) is 0 Å². The quantitative estimate of drug-likeness (QED) is 0.889. The smallest absolute Gasteiger partial charge is 0.404 e. The lowest BCUT2D eigenvalue weighted by atomic mass is 9.86. The van der Waals surface area contributed by atoms with E-state index in [9.17, 15) is 4.79 Å². The third kappa shape index (κ3) is 4.38. The summed E-state index contributed by atoms with van der Waals surface area (Å²) in [5.74, 6) is 0.456. The summed E-state index contributed by atoms with van der Waals surface area (Å²) in [5, 5.41) is 3.64. The van der Waals surface area contributed by atoms with Gasteiger partial charge in [-0.15, -0.1) is 0 Å². The Morgan fingerprint density at radius 1 is 1.19 bits per heavy atom. The molecule has 21 heavy (non-hydrogen) atoms. The van der Waals surface area contributed by atoms with Crippen LogP contribution in [0.4, 0.5) is 10.5 Å². The fraction of sp³-hybridized carbons (Fsp3) is 0.588. The molecule has 1 aliphatic carbocycles. The fourth-order valence-electron chi connectivity index (χ4n) is 3.03. The summed E-state index contributed by atoms with van der Waals surface area (Å²) in [5.41, 5.74) is 10.3. The number of nitrogens with two attached hydrogens (primary N) is 1. The van der Waals surface area contributed by atoms with Crippen molar-refractivity contribution in [2.45, 2.75) is 52.5 Å². The first-order valence-electron chi connectivity index (χ1n) is 7.72. The molecular weight excluding hydrogens is 264 g/mol. The van der Waals surface area contributed by atoms with Crippen LogP contribution in [0.2, 0.25) is 0 Å². The maximum atomic E-state index is 10.6. The monoisotopic (exact) mass is 290 g/mol. The maximum Gasteiger partial charge on any atom is 0.404 e. The molecule has 0 unspecified atom stereocenters. The normalized spacial score (nSPS) is 21.9. The minimum Gasteiger partial charge on any atom is -0.449 e. The average Bonchev–Trinajstić information content (AvgIpc) is 2.44. The zero-order valence-electron chi connectivity index (χ0n) is 13.2. The number of hydrogen-bond donors (Lipinski definition) is 2. The van der Waals surface area contributed by atoms with Crippen LogP contribution in [-0.2, 0) is 4.74 Å². The molecule has 3 N–H and O–H groups in total. The molecule has 0 radical (unpaired) electrons.